The molecule has 0 aliphatic rings. The average molecular weight is 209 g/mol. The van der Waals surface area contributed by atoms with Crippen LogP contribution in [0.4, 0.5) is 0 Å². The van der Waals surface area contributed by atoms with Crippen LogP contribution in [0, 0.1) is 13.8 Å². The lowest BCUT2D eigenvalue weighted by atomic mass is 10.1. The molecule has 1 aromatic rings. The highest BCUT2D eigenvalue weighted by atomic mass is 35.5. The number of halogens is 1. The first-order valence-electron chi connectivity index (χ1n) is 4.47. The van der Waals surface area contributed by atoms with Crippen LogP contribution >= 0.6 is 11.6 Å². The molecular formula is C12H13ClO. The number of ketones is 1. The summed E-state index contributed by atoms with van der Waals surface area (Å²) in [6.07, 6.45) is 3.34. The molecule has 0 fully saturated rings. The number of hydrogen-bond donors (Lipinski definition) is 0. The minimum absolute atomic E-state index is 0.0430. The van der Waals surface area contributed by atoms with E-state index in [0.29, 0.717) is 0 Å². The van der Waals surface area contributed by atoms with Crippen molar-refractivity contribution in [1.82, 2.24) is 0 Å². The van der Waals surface area contributed by atoms with Crippen LogP contribution in [0.1, 0.15) is 16.7 Å². The lowest BCUT2D eigenvalue weighted by Crippen LogP contribution is -1.92. The molecule has 0 unspecified atom stereocenters. The molecule has 0 heterocycles. The number of aryl methyl sites for hydroxylation is 2. The largest absolute Gasteiger partial charge is 0.294 e. The molecule has 0 atom stereocenters. The Hall–Kier alpha value is -1.08. The fraction of sp³-hybridized carbons (Fsp3) is 0.250. The Bertz CT molecular complexity index is 367. The molecule has 0 N–H and O–H groups in total. The topological polar surface area (TPSA) is 17.1 Å². The molecule has 0 spiro atoms. The maximum atomic E-state index is 11.0. The van der Waals surface area contributed by atoms with Crippen LogP contribution in [0.5, 0.6) is 0 Å². The minimum Gasteiger partial charge on any atom is -0.294 e. The van der Waals surface area contributed by atoms with Gasteiger partial charge in [0.25, 0.3) is 0 Å². The Balaban J connectivity index is 2.90. The Labute approximate surface area is 89.4 Å². The first-order valence-corrected chi connectivity index (χ1v) is 5.01. The van der Waals surface area contributed by atoms with E-state index in [1.54, 1.807) is 0 Å². The average Bonchev–Trinajstić information content (AvgIpc) is 2.19. The van der Waals surface area contributed by atoms with Gasteiger partial charge in [-0.15, -0.1) is 11.6 Å². The van der Waals surface area contributed by atoms with Crippen LogP contribution < -0.4 is 0 Å². The van der Waals surface area contributed by atoms with Gasteiger partial charge in [-0.2, -0.15) is 0 Å². The van der Waals surface area contributed by atoms with Crippen molar-refractivity contribution in [3.63, 3.8) is 0 Å². The fourth-order valence-electron chi connectivity index (χ4n) is 1.17. The number of carbonyl (C=O) groups excluding carboxylic acids is 1. The molecule has 74 valence electrons. The highest BCUT2D eigenvalue weighted by Crippen LogP contribution is 2.12. The van der Waals surface area contributed by atoms with Crippen LogP contribution in [-0.2, 0) is 4.79 Å². The van der Waals surface area contributed by atoms with Gasteiger partial charge in [-0.3, -0.25) is 4.79 Å². The number of rotatable bonds is 3. The predicted octanol–water partition coefficient (Wildman–Crippen LogP) is 3.12. The summed E-state index contributed by atoms with van der Waals surface area (Å²) in [5.74, 6) is -0.0194. The van der Waals surface area contributed by atoms with E-state index in [-0.39, 0.29) is 11.7 Å². The minimum atomic E-state index is -0.0624. The molecular weight excluding hydrogens is 196 g/mol. The predicted molar refractivity (Wildman–Crippen MR) is 60.7 cm³/mol. The van der Waals surface area contributed by atoms with Gasteiger partial charge in [0, 0.05) is 0 Å². The zero-order chi connectivity index (χ0) is 10.6. The molecule has 1 rings (SSSR count). The van der Waals surface area contributed by atoms with Crippen molar-refractivity contribution in [2.75, 3.05) is 5.88 Å². The van der Waals surface area contributed by atoms with Crippen molar-refractivity contribution >= 4 is 23.5 Å². The van der Waals surface area contributed by atoms with Crippen LogP contribution in [0.15, 0.2) is 24.3 Å². The van der Waals surface area contributed by atoms with E-state index in [1.807, 2.05) is 32.1 Å². The SMILES string of the molecule is Cc1ccc(C)c(C=CC(=O)CCl)c1. The van der Waals surface area contributed by atoms with E-state index < -0.39 is 0 Å². The summed E-state index contributed by atoms with van der Waals surface area (Å²) in [7, 11) is 0. The molecule has 0 aromatic heterocycles. The number of hydrogen-bond acceptors (Lipinski definition) is 1. The van der Waals surface area contributed by atoms with Gasteiger partial charge in [0.2, 0.25) is 0 Å². The van der Waals surface area contributed by atoms with Gasteiger partial charge in [0.15, 0.2) is 5.78 Å². The Morgan fingerprint density at radius 2 is 2.14 bits per heavy atom. The summed E-state index contributed by atoms with van der Waals surface area (Å²) >= 11 is 5.39. The van der Waals surface area contributed by atoms with Crippen molar-refractivity contribution in [2.45, 2.75) is 13.8 Å². The lowest BCUT2D eigenvalue weighted by Gasteiger charge is -2.00. The van der Waals surface area contributed by atoms with Crippen molar-refractivity contribution in [3.05, 3.63) is 41.0 Å². The summed E-state index contributed by atoms with van der Waals surface area (Å²) in [5, 5.41) is 0. The second-order valence-electron chi connectivity index (χ2n) is 3.29. The third kappa shape index (κ3) is 3.00. The summed E-state index contributed by atoms with van der Waals surface area (Å²) < 4.78 is 0. The van der Waals surface area contributed by atoms with Crippen LogP contribution in [0.25, 0.3) is 6.08 Å². The van der Waals surface area contributed by atoms with E-state index in [1.165, 1.54) is 11.6 Å². The van der Waals surface area contributed by atoms with E-state index in [0.717, 1.165) is 11.1 Å². The van der Waals surface area contributed by atoms with Gasteiger partial charge in [-0.05, 0) is 31.1 Å². The molecule has 0 aliphatic heterocycles. The fourth-order valence-corrected chi connectivity index (χ4v) is 1.26. The summed E-state index contributed by atoms with van der Waals surface area (Å²) in [5.41, 5.74) is 3.42. The van der Waals surface area contributed by atoms with E-state index >= 15 is 0 Å². The zero-order valence-corrected chi connectivity index (χ0v) is 9.14. The number of benzene rings is 1. The van der Waals surface area contributed by atoms with Gasteiger partial charge >= 0.3 is 0 Å². The molecule has 0 saturated heterocycles. The highest BCUT2D eigenvalue weighted by Gasteiger charge is 1.96. The third-order valence-corrected chi connectivity index (χ3v) is 2.28. The van der Waals surface area contributed by atoms with E-state index in [4.69, 9.17) is 11.6 Å². The van der Waals surface area contributed by atoms with Crippen molar-refractivity contribution in [3.8, 4) is 0 Å². The molecule has 2 heteroatoms. The maximum absolute atomic E-state index is 11.0. The molecule has 1 nitrogen and oxygen atoms in total. The Kier molecular flexibility index (Phi) is 3.90. The summed E-state index contributed by atoms with van der Waals surface area (Å²) in [6, 6.07) is 6.14. The van der Waals surface area contributed by atoms with Gasteiger partial charge in [-0.1, -0.05) is 29.8 Å². The number of carbonyl (C=O) groups is 1. The normalized spacial score (nSPS) is 10.8. The molecule has 0 bridgehead atoms. The lowest BCUT2D eigenvalue weighted by molar-refractivity contribution is -0.112. The molecule has 0 aliphatic carbocycles. The molecule has 14 heavy (non-hydrogen) atoms. The Morgan fingerprint density at radius 3 is 2.79 bits per heavy atom. The number of allylic oxidation sites excluding steroid dienone is 1. The molecule has 0 saturated carbocycles. The van der Waals surface area contributed by atoms with E-state index in [9.17, 15) is 4.79 Å². The monoisotopic (exact) mass is 208 g/mol. The molecule has 0 amide bonds. The summed E-state index contributed by atoms with van der Waals surface area (Å²) in [6.45, 7) is 4.05. The zero-order valence-electron chi connectivity index (χ0n) is 8.38. The van der Waals surface area contributed by atoms with Crippen molar-refractivity contribution < 1.29 is 4.79 Å². The maximum Gasteiger partial charge on any atom is 0.170 e. The smallest absolute Gasteiger partial charge is 0.170 e. The molecule has 1 aromatic carbocycles. The van der Waals surface area contributed by atoms with E-state index in [2.05, 4.69) is 6.07 Å². The summed E-state index contributed by atoms with van der Waals surface area (Å²) in [4.78, 5) is 11.0. The standard InChI is InChI=1S/C12H13ClO/c1-9-3-4-10(2)11(7-9)5-6-12(14)8-13/h3-7H,8H2,1-2H3. The number of alkyl halides is 1. The van der Waals surface area contributed by atoms with Crippen LogP contribution in [-0.4, -0.2) is 11.7 Å². The first-order chi connectivity index (χ1) is 6.63. The van der Waals surface area contributed by atoms with Crippen LogP contribution in [0.3, 0.4) is 0 Å². The Morgan fingerprint density at radius 1 is 1.43 bits per heavy atom. The van der Waals surface area contributed by atoms with Gasteiger partial charge in [0.1, 0.15) is 0 Å². The van der Waals surface area contributed by atoms with Gasteiger partial charge in [0.05, 0.1) is 5.88 Å². The highest BCUT2D eigenvalue weighted by molar-refractivity contribution is 6.29. The first kappa shape index (κ1) is 11.0. The molecule has 0 radical (unpaired) electrons. The quantitative estimate of drug-likeness (QED) is 0.551. The van der Waals surface area contributed by atoms with Crippen molar-refractivity contribution in [1.29, 1.82) is 0 Å². The van der Waals surface area contributed by atoms with Gasteiger partial charge < -0.3 is 0 Å². The third-order valence-electron chi connectivity index (χ3n) is 2.02. The van der Waals surface area contributed by atoms with Gasteiger partial charge in [-0.25, -0.2) is 0 Å². The van der Waals surface area contributed by atoms with Crippen molar-refractivity contribution in [2.24, 2.45) is 0 Å². The van der Waals surface area contributed by atoms with Crippen LogP contribution in [0.2, 0.25) is 0 Å². The second-order valence-corrected chi connectivity index (χ2v) is 3.56. The second kappa shape index (κ2) is 4.97.